The predicted molar refractivity (Wildman–Crippen MR) is 92.6 cm³/mol. The van der Waals surface area contributed by atoms with E-state index in [-0.39, 0.29) is 12.5 Å². The lowest BCUT2D eigenvalue weighted by molar-refractivity contribution is -0.132. The van der Waals surface area contributed by atoms with Crippen LogP contribution in [0.3, 0.4) is 0 Å². The van der Waals surface area contributed by atoms with E-state index in [9.17, 15) is 4.79 Å². The standard InChI is InChI=1S/C17H22ClN5O/c18-16-5-3-15(4-6-16)11-22(10-9-21-7-1-2-8-21)17(24)12-23-14-19-13-20-23/h3-6,13-14H,1-2,7-12H2. The molecule has 1 amide bonds. The predicted octanol–water partition coefficient (Wildman–Crippen LogP) is 2.06. The van der Waals surface area contributed by atoms with Gasteiger partial charge in [-0.2, -0.15) is 5.10 Å². The summed E-state index contributed by atoms with van der Waals surface area (Å²) in [4.78, 5) is 20.9. The number of benzene rings is 1. The van der Waals surface area contributed by atoms with Crippen LogP contribution >= 0.6 is 11.6 Å². The zero-order valence-corrected chi connectivity index (χ0v) is 14.4. The Kier molecular flexibility index (Phi) is 5.82. The lowest BCUT2D eigenvalue weighted by Gasteiger charge is -2.25. The molecular formula is C17H22ClN5O. The first-order valence-electron chi connectivity index (χ1n) is 8.28. The van der Waals surface area contributed by atoms with E-state index in [0.717, 1.165) is 31.7 Å². The number of carbonyl (C=O) groups excluding carboxylic acids is 1. The van der Waals surface area contributed by atoms with Gasteiger partial charge in [-0.05, 0) is 43.6 Å². The summed E-state index contributed by atoms with van der Waals surface area (Å²) >= 11 is 5.95. The molecule has 1 saturated heterocycles. The molecular weight excluding hydrogens is 326 g/mol. The monoisotopic (exact) mass is 347 g/mol. The van der Waals surface area contributed by atoms with Crippen molar-refractivity contribution in [1.82, 2.24) is 24.6 Å². The molecule has 1 aliphatic rings. The molecule has 1 fully saturated rings. The summed E-state index contributed by atoms with van der Waals surface area (Å²) in [6, 6.07) is 7.65. The van der Waals surface area contributed by atoms with E-state index in [2.05, 4.69) is 15.0 Å². The molecule has 0 bridgehead atoms. The Labute approximate surface area is 147 Å². The fraction of sp³-hybridized carbons (Fsp3) is 0.471. The van der Waals surface area contributed by atoms with Gasteiger partial charge < -0.3 is 9.80 Å². The number of likely N-dealkylation sites (tertiary alicyclic amines) is 1. The number of aromatic nitrogens is 3. The van der Waals surface area contributed by atoms with Crippen molar-refractivity contribution in [3.63, 3.8) is 0 Å². The molecule has 2 aromatic rings. The van der Waals surface area contributed by atoms with Gasteiger partial charge in [0.2, 0.25) is 5.91 Å². The van der Waals surface area contributed by atoms with Gasteiger partial charge in [-0.25, -0.2) is 9.67 Å². The molecule has 6 nitrogen and oxygen atoms in total. The second kappa shape index (κ2) is 8.26. The lowest BCUT2D eigenvalue weighted by Crippen LogP contribution is -2.39. The van der Waals surface area contributed by atoms with Crippen LogP contribution in [0.15, 0.2) is 36.9 Å². The maximum Gasteiger partial charge on any atom is 0.244 e. The number of halogens is 1. The van der Waals surface area contributed by atoms with E-state index in [1.165, 1.54) is 19.2 Å². The largest absolute Gasteiger partial charge is 0.335 e. The van der Waals surface area contributed by atoms with Crippen LogP contribution in [0.2, 0.25) is 5.02 Å². The van der Waals surface area contributed by atoms with Gasteiger partial charge in [-0.3, -0.25) is 4.79 Å². The van der Waals surface area contributed by atoms with Gasteiger partial charge in [-0.1, -0.05) is 23.7 Å². The van der Waals surface area contributed by atoms with Gasteiger partial charge in [0.25, 0.3) is 0 Å². The molecule has 128 valence electrons. The van der Waals surface area contributed by atoms with Gasteiger partial charge in [0.15, 0.2) is 0 Å². The molecule has 0 N–H and O–H groups in total. The molecule has 1 aromatic carbocycles. The third kappa shape index (κ3) is 4.79. The fourth-order valence-electron chi connectivity index (χ4n) is 2.92. The van der Waals surface area contributed by atoms with E-state index in [1.54, 1.807) is 11.0 Å². The summed E-state index contributed by atoms with van der Waals surface area (Å²) in [6.45, 7) is 4.69. The zero-order chi connectivity index (χ0) is 16.8. The first-order valence-corrected chi connectivity index (χ1v) is 8.65. The first kappa shape index (κ1) is 16.9. The molecule has 0 radical (unpaired) electrons. The maximum atomic E-state index is 12.7. The molecule has 0 atom stereocenters. The van der Waals surface area contributed by atoms with Crippen LogP contribution in [0.5, 0.6) is 0 Å². The quantitative estimate of drug-likeness (QED) is 0.769. The van der Waals surface area contributed by atoms with E-state index < -0.39 is 0 Å². The van der Waals surface area contributed by atoms with Crippen LogP contribution in [0.4, 0.5) is 0 Å². The summed E-state index contributed by atoms with van der Waals surface area (Å²) in [5.74, 6) is 0.0506. The number of nitrogens with zero attached hydrogens (tertiary/aromatic N) is 5. The normalized spacial score (nSPS) is 14.9. The third-order valence-electron chi connectivity index (χ3n) is 4.29. The Balaban J connectivity index is 1.64. The average Bonchev–Trinajstić information content (AvgIpc) is 3.26. The van der Waals surface area contributed by atoms with Crippen LogP contribution < -0.4 is 0 Å². The summed E-state index contributed by atoms with van der Waals surface area (Å²) in [6.07, 6.45) is 5.52. The minimum atomic E-state index is 0.0506. The molecule has 0 spiro atoms. The maximum absolute atomic E-state index is 12.7. The van der Waals surface area contributed by atoms with E-state index >= 15 is 0 Å². The van der Waals surface area contributed by atoms with Crippen molar-refractivity contribution in [2.45, 2.75) is 25.9 Å². The highest BCUT2D eigenvalue weighted by Crippen LogP contribution is 2.13. The van der Waals surface area contributed by atoms with E-state index in [0.29, 0.717) is 11.6 Å². The van der Waals surface area contributed by atoms with Gasteiger partial charge in [0.1, 0.15) is 19.2 Å². The molecule has 0 saturated carbocycles. The molecule has 0 aliphatic carbocycles. The molecule has 7 heteroatoms. The lowest BCUT2D eigenvalue weighted by atomic mass is 10.2. The number of hydrogen-bond donors (Lipinski definition) is 0. The average molecular weight is 348 g/mol. The topological polar surface area (TPSA) is 54.3 Å². The minimum Gasteiger partial charge on any atom is -0.335 e. The Bertz CT molecular complexity index is 638. The van der Waals surface area contributed by atoms with E-state index in [1.807, 2.05) is 29.2 Å². The SMILES string of the molecule is O=C(Cn1cncn1)N(CCN1CCCC1)Cc1ccc(Cl)cc1. The van der Waals surface area contributed by atoms with E-state index in [4.69, 9.17) is 11.6 Å². The van der Waals surface area contributed by atoms with Crippen molar-refractivity contribution in [2.75, 3.05) is 26.2 Å². The number of rotatable bonds is 7. The van der Waals surface area contributed by atoms with Gasteiger partial charge in [0.05, 0.1) is 0 Å². The Morgan fingerprint density at radius 2 is 1.96 bits per heavy atom. The summed E-state index contributed by atoms with van der Waals surface area (Å²) in [5.41, 5.74) is 1.08. The Hall–Kier alpha value is -1.92. The first-order chi connectivity index (χ1) is 11.7. The van der Waals surface area contributed by atoms with Crippen LogP contribution in [0.25, 0.3) is 0 Å². The van der Waals surface area contributed by atoms with Crippen LogP contribution in [0, 0.1) is 0 Å². The smallest absolute Gasteiger partial charge is 0.244 e. The van der Waals surface area contributed by atoms with Gasteiger partial charge >= 0.3 is 0 Å². The van der Waals surface area contributed by atoms with Gasteiger partial charge in [0, 0.05) is 24.7 Å². The van der Waals surface area contributed by atoms with Crippen molar-refractivity contribution >= 4 is 17.5 Å². The highest BCUT2D eigenvalue weighted by Gasteiger charge is 2.18. The Morgan fingerprint density at radius 3 is 2.62 bits per heavy atom. The molecule has 24 heavy (non-hydrogen) atoms. The van der Waals surface area contributed by atoms with Crippen LogP contribution in [0.1, 0.15) is 18.4 Å². The van der Waals surface area contributed by atoms with Crippen molar-refractivity contribution in [2.24, 2.45) is 0 Å². The van der Waals surface area contributed by atoms with Crippen LogP contribution in [-0.2, 0) is 17.9 Å². The van der Waals surface area contributed by atoms with Crippen molar-refractivity contribution in [3.8, 4) is 0 Å². The molecule has 2 heterocycles. The summed E-state index contributed by atoms with van der Waals surface area (Å²) < 4.78 is 1.56. The minimum absolute atomic E-state index is 0.0506. The van der Waals surface area contributed by atoms with Crippen molar-refractivity contribution < 1.29 is 4.79 Å². The van der Waals surface area contributed by atoms with Crippen LogP contribution in [-0.4, -0.2) is 56.7 Å². The molecule has 0 unspecified atom stereocenters. The number of amides is 1. The summed E-state index contributed by atoms with van der Waals surface area (Å²) in [5, 5.41) is 4.73. The number of carbonyl (C=O) groups is 1. The highest BCUT2D eigenvalue weighted by atomic mass is 35.5. The zero-order valence-electron chi connectivity index (χ0n) is 13.6. The second-order valence-electron chi connectivity index (χ2n) is 6.08. The third-order valence-corrected chi connectivity index (χ3v) is 4.54. The highest BCUT2D eigenvalue weighted by molar-refractivity contribution is 6.30. The fourth-order valence-corrected chi connectivity index (χ4v) is 3.05. The number of hydrogen-bond acceptors (Lipinski definition) is 4. The molecule has 3 rings (SSSR count). The van der Waals surface area contributed by atoms with Crippen molar-refractivity contribution in [3.05, 3.63) is 47.5 Å². The second-order valence-corrected chi connectivity index (χ2v) is 6.52. The molecule has 1 aromatic heterocycles. The van der Waals surface area contributed by atoms with Crippen molar-refractivity contribution in [1.29, 1.82) is 0 Å². The summed E-state index contributed by atoms with van der Waals surface area (Å²) in [7, 11) is 0. The Morgan fingerprint density at radius 1 is 1.21 bits per heavy atom. The molecule has 1 aliphatic heterocycles. The van der Waals surface area contributed by atoms with Gasteiger partial charge in [-0.15, -0.1) is 0 Å².